The summed E-state index contributed by atoms with van der Waals surface area (Å²) in [5.41, 5.74) is 1.90. The van der Waals surface area contributed by atoms with E-state index in [1.807, 2.05) is 6.08 Å². The summed E-state index contributed by atoms with van der Waals surface area (Å²) < 4.78 is 12.6. The average molecular weight is 343 g/mol. The fraction of sp³-hybridized carbons (Fsp3) is 0.895. The van der Waals surface area contributed by atoms with E-state index < -0.39 is 8.32 Å². The second-order valence-corrected chi connectivity index (χ2v) is 13.4. The Bertz CT molecular complexity index is 344. The topological polar surface area (TPSA) is 38.7 Å². The lowest BCUT2D eigenvalue weighted by atomic mass is 9.96. The van der Waals surface area contributed by atoms with Crippen LogP contribution in [0, 0.1) is 5.92 Å². The standard InChI is InChI=1S/C19H38O3Si/c1-14(2)23(15(3)4,16(5)6)21-12-8-9-19-17(7)10-11-18(13-20)22-19/h10-11,14-20H,8-9,12-13H2,1-7H3/t17-,18-,19+/m0/s1. The van der Waals surface area contributed by atoms with Gasteiger partial charge >= 0.3 is 0 Å². The van der Waals surface area contributed by atoms with Gasteiger partial charge in [0.15, 0.2) is 8.32 Å². The summed E-state index contributed by atoms with van der Waals surface area (Å²) in [4.78, 5) is 0. The molecule has 0 saturated heterocycles. The number of rotatable bonds is 9. The first-order chi connectivity index (χ1) is 10.8. The number of aliphatic hydroxyl groups is 1. The first-order valence-electron chi connectivity index (χ1n) is 9.34. The van der Waals surface area contributed by atoms with E-state index in [9.17, 15) is 5.11 Å². The van der Waals surface area contributed by atoms with Gasteiger partial charge in [-0.2, -0.15) is 0 Å². The van der Waals surface area contributed by atoms with Crippen LogP contribution in [0.25, 0.3) is 0 Å². The molecule has 1 N–H and O–H groups in total. The molecule has 0 aromatic rings. The van der Waals surface area contributed by atoms with Crippen LogP contribution >= 0.6 is 0 Å². The molecule has 0 aliphatic carbocycles. The summed E-state index contributed by atoms with van der Waals surface area (Å²) in [5, 5.41) is 9.26. The molecule has 3 nitrogen and oxygen atoms in total. The molecule has 23 heavy (non-hydrogen) atoms. The molecular weight excluding hydrogens is 304 g/mol. The zero-order chi connectivity index (χ0) is 17.6. The fourth-order valence-corrected chi connectivity index (χ4v) is 9.78. The highest BCUT2D eigenvalue weighted by molar-refractivity contribution is 6.77. The van der Waals surface area contributed by atoms with Gasteiger partial charge in [-0.15, -0.1) is 0 Å². The lowest BCUT2D eigenvalue weighted by molar-refractivity contribution is -0.0454. The molecule has 1 aliphatic rings. The monoisotopic (exact) mass is 342 g/mol. The van der Waals surface area contributed by atoms with Crippen molar-refractivity contribution in [3.8, 4) is 0 Å². The minimum atomic E-state index is -1.75. The molecule has 0 radical (unpaired) electrons. The van der Waals surface area contributed by atoms with E-state index in [1.165, 1.54) is 0 Å². The third-order valence-corrected chi connectivity index (χ3v) is 11.6. The fourth-order valence-electron chi connectivity index (χ4n) is 4.29. The van der Waals surface area contributed by atoms with Crippen molar-refractivity contribution in [2.45, 2.75) is 90.1 Å². The van der Waals surface area contributed by atoms with Gasteiger partial charge in [0.2, 0.25) is 0 Å². The molecule has 0 aromatic heterocycles. The summed E-state index contributed by atoms with van der Waals surface area (Å²) >= 11 is 0. The van der Waals surface area contributed by atoms with Crippen LogP contribution in [0.15, 0.2) is 12.2 Å². The molecule has 1 aliphatic heterocycles. The van der Waals surface area contributed by atoms with Crippen molar-refractivity contribution >= 4 is 8.32 Å². The molecule has 0 aromatic carbocycles. The molecule has 1 rings (SSSR count). The normalized spacial score (nSPS) is 25.8. The molecular formula is C19H38O3Si. The van der Waals surface area contributed by atoms with Crippen molar-refractivity contribution in [3.63, 3.8) is 0 Å². The van der Waals surface area contributed by atoms with Gasteiger partial charge in [-0.1, -0.05) is 60.6 Å². The summed E-state index contributed by atoms with van der Waals surface area (Å²) in [5.74, 6) is 0.417. The van der Waals surface area contributed by atoms with Gasteiger partial charge in [0.05, 0.1) is 18.8 Å². The van der Waals surface area contributed by atoms with Crippen LogP contribution in [0.5, 0.6) is 0 Å². The van der Waals surface area contributed by atoms with Gasteiger partial charge in [-0.05, 0) is 29.5 Å². The minimum absolute atomic E-state index is 0.0697. The Kier molecular flexibility index (Phi) is 8.49. The predicted molar refractivity (Wildman–Crippen MR) is 100 cm³/mol. The molecule has 0 saturated carbocycles. The quantitative estimate of drug-likeness (QED) is 0.367. The van der Waals surface area contributed by atoms with E-state index in [0.29, 0.717) is 22.5 Å². The molecule has 1 heterocycles. The van der Waals surface area contributed by atoms with Crippen LogP contribution in [0.4, 0.5) is 0 Å². The molecule has 136 valence electrons. The highest BCUT2D eigenvalue weighted by Crippen LogP contribution is 2.42. The Morgan fingerprint density at radius 2 is 1.61 bits per heavy atom. The van der Waals surface area contributed by atoms with Gasteiger partial charge in [0.1, 0.15) is 0 Å². The number of ether oxygens (including phenoxy) is 1. The van der Waals surface area contributed by atoms with E-state index >= 15 is 0 Å². The summed E-state index contributed by atoms with van der Waals surface area (Å²) in [6.07, 6.45) is 6.25. The molecule has 0 bridgehead atoms. The van der Waals surface area contributed by atoms with Gasteiger partial charge in [-0.25, -0.2) is 0 Å². The minimum Gasteiger partial charge on any atom is -0.416 e. The van der Waals surface area contributed by atoms with Crippen molar-refractivity contribution in [2.24, 2.45) is 5.92 Å². The van der Waals surface area contributed by atoms with Crippen LogP contribution in [-0.4, -0.2) is 38.8 Å². The smallest absolute Gasteiger partial charge is 0.200 e. The zero-order valence-corrected chi connectivity index (χ0v) is 17.2. The second kappa shape index (κ2) is 9.35. The van der Waals surface area contributed by atoms with Gasteiger partial charge in [-0.3, -0.25) is 0 Å². The maximum atomic E-state index is 9.26. The third kappa shape index (κ3) is 5.15. The predicted octanol–water partition coefficient (Wildman–Crippen LogP) is 4.91. The summed E-state index contributed by atoms with van der Waals surface area (Å²) in [6, 6.07) is 0. The van der Waals surface area contributed by atoms with Crippen molar-refractivity contribution in [1.29, 1.82) is 0 Å². The zero-order valence-electron chi connectivity index (χ0n) is 16.2. The third-order valence-electron chi connectivity index (χ3n) is 5.44. The van der Waals surface area contributed by atoms with Crippen molar-refractivity contribution in [2.75, 3.05) is 13.2 Å². The largest absolute Gasteiger partial charge is 0.416 e. The summed E-state index contributed by atoms with van der Waals surface area (Å²) in [7, 11) is -1.75. The lowest BCUT2D eigenvalue weighted by Crippen LogP contribution is -2.48. The average Bonchev–Trinajstić information content (AvgIpc) is 2.47. The molecule has 4 heteroatoms. The van der Waals surface area contributed by atoms with E-state index in [0.717, 1.165) is 19.4 Å². The summed E-state index contributed by atoms with van der Waals surface area (Å²) in [6.45, 7) is 17.1. The molecule has 0 unspecified atom stereocenters. The second-order valence-electron chi connectivity index (χ2n) is 7.95. The highest BCUT2D eigenvalue weighted by atomic mass is 28.4. The Morgan fingerprint density at radius 1 is 1.04 bits per heavy atom. The van der Waals surface area contributed by atoms with Crippen LogP contribution in [0.1, 0.15) is 61.3 Å². The molecule has 0 spiro atoms. The van der Waals surface area contributed by atoms with E-state index in [1.54, 1.807) is 0 Å². The van der Waals surface area contributed by atoms with Crippen LogP contribution < -0.4 is 0 Å². The maximum absolute atomic E-state index is 9.26. The van der Waals surface area contributed by atoms with Gasteiger partial charge in [0.25, 0.3) is 0 Å². The maximum Gasteiger partial charge on any atom is 0.200 e. The van der Waals surface area contributed by atoms with Crippen molar-refractivity contribution in [1.82, 2.24) is 0 Å². The Labute approximate surface area is 144 Å². The van der Waals surface area contributed by atoms with Gasteiger partial charge < -0.3 is 14.3 Å². The Morgan fingerprint density at radius 3 is 2.09 bits per heavy atom. The first-order valence-corrected chi connectivity index (χ1v) is 11.5. The van der Waals surface area contributed by atoms with Crippen LogP contribution in [0.2, 0.25) is 16.6 Å². The van der Waals surface area contributed by atoms with Crippen LogP contribution in [-0.2, 0) is 9.16 Å². The Hall–Kier alpha value is -0.163. The highest BCUT2D eigenvalue weighted by Gasteiger charge is 2.44. The van der Waals surface area contributed by atoms with Crippen molar-refractivity contribution in [3.05, 3.63) is 12.2 Å². The van der Waals surface area contributed by atoms with Gasteiger partial charge in [0, 0.05) is 12.5 Å². The number of hydrogen-bond donors (Lipinski definition) is 1. The molecule has 0 amide bonds. The molecule has 0 fully saturated rings. The first kappa shape index (κ1) is 20.9. The van der Waals surface area contributed by atoms with E-state index in [-0.39, 0.29) is 18.8 Å². The van der Waals surface area contributed by atoms with E-state index in [4.69, 9.17) is 9.16 Å². The SMILES string of the molecule is CC(C)[Si](OCCC[C@H]1O[C@H](CO)C=C[C@@H]1C)(C(C)C)C(C)C. The van der Waals surface area contributed by atoms with Crippen molar-refractivity contribution < 1.29 is 14.3 Å². The van der Waals surface area contributed by atoms with E-state index in [2.05, 4.69) is 54.5 Å². The lowest BCUT2D eigenvalue weighted by Gasteiger charge is -2.42. The molecule has 3 atom stereocenters. The van der Waals surface area contributed by atoms with Crippen LogP contribution in [0.3, 0.4) is 0 Å². The number of aliphatic hydroxyl groups excluding tert-OH is 1. The Balaban J connectivity index is 2.53. The number of hydrogen-bond acceptors (Lipinski definition) is 3.